The highest BCUT2D eigenvalue weighted by Crippen LogP contribution is 2.22. The van der Waals surface area contributed by atoms with Crippen molar-refractivity contribution in [1.29, 1.82) is 0 Å². The van der Waals surface area contributed by atoms with Crippen molar-refractivity contribution >= 4 is 11.5 Å². The van der Waals surface area contributed by atoms with Crippen LogP contribution in [0, 0.1) is 0 Å². The molecule has 3 aromatic heterocycles. The van der Waals surface area contributed by atoms with E-state index >= 15 is 0 Å². The van der Waals surface area contributed by atoms with E-state index in [9.17, 15) is 0 Å². The summed E-state index contributed by atoms with van der Waals surface area (Å²) in [5.74, 6) is 1.84. The number of nitrogens with zero attached hydrogens (tertiary/aromatic N) is 7. The quantitative estimate of drug-likeness (QED) is 0.688. The molecule has 0 unspecified atom stereocenters. The minimum atomic E-state index is 0.494. The van der Waals surface area contributed by atoms with E-state index in [4.69, 9.17) is 4.52 Å². The molecular weight excluding hydrogens is 270 g/mol. The molecule has 4 heterocycles. The summed E-state index contributed by atoms with van der Waals surface area (Å²) in [6.07, 6.45) is 3.29. The summed E-state index contributed by atoms with van der Waals surface area (Å²) in [6, 6.07) is 6.31. The Morgan fingerprint density at radius 2 is 2.24 bits per heavy atom. The maximum atomic E-state index is 5.14. The third-order valence-electron chi connectivity index (χ3n) is 3.85. The molecule has 8 nitrogen and oxygen atoms in total. The minimum absolute atomic E-state index is 0.494. The maximum Gasteiger partial charge on any atom is 0.177 e. The Morgan fingerprint density at radius 3 is 3.05 bits per heavy atom. The van der Waals surface area contributed by atoms with E-state index in [1.54, 1.807) is 17.0 Å². The number of fused-ring (bicyclic) bond motifs is 1. The minimum Gasteiger partial charge on any atom is -0.360 e. The van der Waals surface area contributed by atoms with Crippen LogP contribution in [0.25, 0.3) is 5.65 Å². The summed E-state index contributed by atoms with van der Waals surface area (Å²) in [4.78, 5) is 4.51. The molecule has 0 aliphatic carbocycles. The van der Waals surface area contributed by atoms with Gasteiger partial charge in [-0.25, -0.2) is 0 Å². The van der Waals surface area contributed by atoms with E-state index in [0.717, 1.165) is 36.9 Å². The molecule has 4 rings (SSSR count). The highest BCUT2D eigenvalue weighted by Gasteiger charge is 2.31. The second-order valence-electron chi connectivity index (χ2n) is 5.28. The topological polar surface area (TPSA) is 75.6 Å². The molecule has 0 atom stereocenters. The van der Waals surface area contributed by atoms with Gasteiger partial charge in [-0.1, -0.05) is 5.16 Å². The lowest BCUT2D eigenvalue weighted by Crippen LogP contribution is -2.58. The van der Waals surface area contributed by atoms with E-state index in [1.165, 1.54) is 0 Å². The fraction of sp³-hybridized carbons (Fsp3) is 0.385. The third-order valence-corrected chi connectivity index (χ3v) is 3.85. The zero-order chi connectivity index (χ0) is 14.2. The number of anilines is 1. The third kappa shape index (κ3) is 2.23. The molecule has 1 fully saturated rings. The van der Waals surface area contributed by atoms with Crippen LogP contribution in [0.2, 0.25) is 0 Å². The van der Waals surface area contributed by atoms with Crippen molar-refractivity contribution in [1.82, 2.24) is 29.9 Å². The molecular formula is C13H15N7O. The Labute approximate surface area is 121 Å². The molecule has 1 aliphatic heterocycles. The van der Waals surface area contributed by atoms with Crippen LogP contribution < -0.4 is 4.90 Å². The van der Waals surface area contributed by atoms with Gasteiger partial charge in [-0.15, -0.1) is 15.3 Å². The van der Waals surface area contributed by atoms with Crippen LogP contribution in [0.4, 0.5) is 5.82 Å². The number of likely N-dealkylation sites (N-methyl/N-ethyl adjacent to an activating group) is 1. The van der Waals surface area contributed by atoms with Gasteiger partial charge < -0.3 is 9.42 Å². The molecule has 108 valence electrons. The molecule has 1 aliphatic rings. The number of hydrogen-bond donors (Lipinski definition) is 0. The number of aromatic nitrogens is 5. The van der Waals surface area contributed by atoms with E-state index < -0.39 is 0 Å². The average molecular weight is 285 g/mol. The second kappa shape index (κ2) is 4.81. The van der Waals surface area contributed by atoms with E-state index in [2.05, 4.69) is 37.3 Å². The Kier molecular flexibility index (Phi) is 2.81. The lowest BCUT2D eigenvalue weighted by atomic mass is 10.1. The Balaban J connectivity index is 1.39. The summed E-state index contributed by atoms with van der Waals surface area (Å²) in [5.41, 5.74) is 0.762. The van der Waals surface area contributed by atoms with Crippen LogP contribution in [0.3, 0.4) is 0 Å². The molecule has 0 aromatic carbocycles. The number of hydrogen-bond acceptors (Lipinski definition) is 7. The van der Waals surface area contributed by atoms with Crippen LogP contribution in [0.5, 0.6) is 0 Å². The SMILES string of the molecule is CN(Cc1ccno1)C1CN(c2ccc3nncn3n2)C1. The van der Waals surface area contributed by atoms with Gasteiger partial charge in [0.15, 0.2) is 11.4 Å². The van der Waals surface area contributed by atoms with E-state index in [0.29, 0.717) is 6.04 Å². The Bertz CT molecular complexity index is 732. The van der Waals surface area contributed by atoms with Crippen molar-refractivity contribution in [2.45, 2.75) is 12.6 Å². The first-order valence-corrected chi connectivity index (χ1v) is 6.81. The zero-order valence-corrected chi connectivity index (χ0v) is 11.6. The van der Waals surface area contributed by atoms with Gasteiger partial charge in [0.25, 0.3) is 0 Å². The van der Waals surface area contributed by atoms with Crippen LogP contribution in [-0.2, 0) is 6.54 Å². The molecule has 0 radical (unpaired) electrons. The standard InChI is InChI=1S/C13H15N7O/c1-18(8-11-4-5-15-21-11)10-6-19(7-10)13-3-2-12-16-14-9-20(12)17-13/h2-5,9-10H,6-8H2,1H3. The van der Waals surface area contributed by atoms with Crippen LogP contribution in [0.1, 0.15) is 5.76 Å². The van der Waals surface area contributed by atoms with Crippen molar-refractivity contribution in [2.24, 2.45) is 0 Å². The van der Waals surface area contributed by atoms with Gasteiger partial charge in [0.2, 0.25) is 0 Å². The summed E-state index contributed by atoms with van der Waals surface area (Å²) in [5, 5.41) is 16.0. The van der Waals surface area contributed by atoms with Gasteiger partial charge in [-0.2, -0.15) is 4.52 Å². The van der Waals surface area contributed by atoms with E-state index in [1.807, 2.05) is 18.2 Å². The molecule has 8 heteroatoms. The summed E-state index contributed by atoms with van der Waals surface area (Å²) >= 11 is 0. The van der Waals surface area contributed by atoms with Gasteiger partial charge in [0.05, 0.1) is 12.7 Å². The molecule has 0 bridgehead atoms. The Morgan fingerprint density at radius 1 is 1.33 bits per heavy atom. The van der Waals surface area contributed by atoms with Crippen LogP contribution >= 0.6 is 0 Å². The van der Waals surface area contributed by atoms with E-state index in [-0.39, 0.29) is 0 Å². The largest absolute Gasteiger partial charge is 0.360 e. The second-order valence-corrected chi connectivity index (χ2v) is 5.28. The summed E-state index contributed by atoms with van der Waals surface area (Å²) in [6.45, 7) is 2.67. The van der Waals surface area contributed by atoms with Crippen molar-refractivity contribution < 1.29 is 4.52 Å². The lowest BCUT2D eigenvalue weighted by molar-refractivity contribution is 0.177. The smallest absolute Gasteiger partial charge is 0.177 e. The van der Waals surface area contributed by atoms with Crippen molar-refractivity contribution in [2.75, 3.05) is 25.0 Å². The lowest BCUT2D eigenvalue weighted by Gasteiger charge is -2.44. The van der Waals surface area contributed by atoms with Crippen molar-refractivity contribution in [3.05, 3.63) is 36.5 Å². The fourth-order valence-corrected chi connectivity index (χ4v) is 2.51. The van der Waals surface area contributed by atoms with Gasteiger partial charge >= 0.3 is 0 Å². The molecule has 21 heavy (non-hydrogen) atoms. The highest BCUT2D eigenvalue weighted by atomic mass is 16.5. The monoisotopic (exact) mass is 285 g/mol. The normalized spacial score (nSPS) is 15.8. The first-order chi connectivity index (χ1) is 10.3. The first-order valence-electron chi connectivity index (χ1n) is 6.81. The molecule has 0 N–H and O–H groups in total. The fourth-order valence-electron chi connectivity index (χ4n) is 2.51. The van der Waals surface area contributed by atoms with Crippen molar-refractivity contribution in [3.63, 3.8) is 0 Å². The van der Waals surface area contributed by atoms with Crippen LogP contribution in [0.15, 0.2) is 35.2 Å². The molecule has 1 saturated heterocycles. The average Bonchev–Trinajstić information content (AvgIpc) is 3.07. The summed E-state index contributed by atoms with van der Waals surface area (Å²) in [7, 11) is 2.10. The van der Waals surface area contributed by atoms with Gasteiger partial charge in [-0.05, 0) is 19.2 Å². The molecule has 0 spiro atoms. The predicted octanol–water partition coefficient (Wildman–Crippen LogP) is 0.433. The first kappa shape index (κ1) is 12.3. The van der Waals surface area contributed by atoms with Gasteiger partial charge in [0, 0.05) is 25.2 Å². The summed E-state index contributed by atoms with van der Waals surface area (Å²) < 4.78 is 6.83. The van der Waals surface area contributed by atoms with Crippen molar-refractivity contribution in [3.8, 4) is 0 Å². The molecule has 0 saturated carbocycles. The molecule has 0 amide bonds. The van der Waals surface area contributed by atoms with Gasteiger partial charge in [-0.3, -0.25) is 4.90 Å². The maximum absolute atomic E-state index is 5.14. The predicted molar refractivity (Wildman–Crippen MR) is 74.8 cm³/mol. The Hall–Kier alpha value is -2.48. The number of rotatable bonds is 4. The molecule has 3 aromatic rings. The van der Waals surface area contributed by atoms with Crippen LogP contribution in [-0.4, -0.2) is 56.0 Å². The van der Waals surface area contributed by atoms with Gasteiger partial charge in [0.1, 0.15) is 12.1 Å². The highest BCUT2D eigenvalue weighted by molar-refractivity contribution is 5.47. The zero-order valence-electron chi connectivity index (χ0n) is 11.6.